The van der Waals surface area contributed by atoms with E-state index in [4.69, 9.17) is 17.3 Å². The number of carbonyl (C=O) groups excluding carboxylic acids is 1. The third kappa shape index (κ3) is 3.00. The number of aromatic nitrogens is 1. The number of nitrogens with one attached hydrogen (secondary N) is 1. The quantitative estimate of drug-likeness (QED) is 0.889. The average Bonchev–Trinajstić information content (AvgIpc) is 2.32. The van der Waals surface area contributed by atoms with Crippen molar-refractivity contribution >= 4 is 44.9 Å². The van der Waals surface area contributed by atoms with Gasteiger partial charge in [-0.2, -0.15) is 0 Å². The standard InChI is InChI=1S/C12H9BrClN3O/c13-8-2-1-3-9(5-8)17-12(18)7-4-10(14)11(15)16-6-7/h1-6H,(H2,15,16)(H,17,18). The van der Waals surface area contributed by atoms with Crippen molar-refractivity contribution in [3.8, 4) is 0 Å². The largest absolute Gasteiger partial charge is 0.382 e. The molecule has 0 spiro atoms. The number of halogens is 2. The lowest BCUT2D eigenvalue weighted by atomic mass is 10.2. The Hall–Kier alpha value is -1.59. The van der Waals surface area contributed by atoms with E-state index in [9.17, 15) is 4.79 Å². The molecule has 1 aromatic heterocycles. The number of hydrogen-bond donors (Lipinski definition) is 2. The molecule has 1 heterocycles. The number of pyridine rings is 1. The van der Waals surface area contributed by atoms with E-state index in [1.807, 2.05) is 12.1 Å². The van der Waals surface area contributed by atoms with E-state index in [0.717, 1.165) is 4.47 Å². The number of hydrogen-bond acceptors (Lipinski definition) is 3. The maximum atomic E-state index is 11.9. The summed E-state index contributed by atoms with van der Waals surface area (Å²) in [5, 5.41) is 3.00. The number of amides is 1. The molecule has 0 radical (unpaired) electrons. The van der Waals surface area contributed by atoms with E-state index in [-0.39, 0.29) is 16.7 Å². The number of rotatable bonds is 2. The van der Waals surface area contributed by atoms with Crippen LogP contribution in [0.15, 0.2) is 41.0 Å². The van der Waals surface area contributed by atoms with Crippen molar-refractivity contribution in [1.29, 1.82) is 0 Å². The number of nitrogen functional groups attached to an aromatic ring is 1. The van der Waals surface area contributed by atoms with Crippen molar-refractivity contribution in [2.24, 2.45) is 0 Å². The van der Waals surface area contributed by atoms with Crippen LogP contribution in [0.25, 0.3) is 0 Å². The smallest absolute Gasteiger partial charge is 0.257 e. The van der Waals surface area contributed by atoms with E-state index < -0.39 is 0 Å². The molecule has 92 valence electrons. The van der Waals surface area contributed by atoms with Crippen LogP contribution in [-0.2, 0) is 0 Å². The van der Waals surface area contributed by atoms with E-state index in [1.54, 1.807) is 12.1 Å². The van der Waals surface area contributed by atoms with Gasteiger partial charge in [0.25, 0.3) is 5.91 Å². The molecule has 1 amide bonds. The first-order valence-electron chi connectivity index (χ1n) is 5.04. The lowest BCUT2D eigenvalue weighted by Gasteiger charge is -2.06. The number of nitrogens with zero attached hydrogens (tertiary/aromatic N) is 1. The molecule has 0 aliphatic rings. The van der Waals surface area contributed by atoms with Crippen LogP contribution >= 0.6 is 27.5 Å². The minimum atomic E-state index is -0.289. The SMILES string of the molecule is Nc1ncc(C(=O)Nc2cccc(Br)c2)cc1Cl. The van der Waals surface area contributed by atoms with Gasteiger partial charge in [0, 0.05) is 16.4 Å². The zero-order valence-corrected chi connectivity index (χ0v) is 11.5. The van der Waals surface area contributed by atoms with Gasteiger partial charge in [0.05, 0.1) is 10.6 Å². The fourth-order valence-corrected chi connectivity index (χ4v) is 1.91. The molecule has 2 rings (SSSR count). The lowest BCUT2D eigenvalue weighted by molar-refractivity contribution is 0.102. The molecular weight excluding hydrogens is 318 g/mol. The van der Waals surface area contributed by atoms with E-state index >= 15 is 0 Å². The number of nitrogens with two attached hydrogens (primary N) is 1. The van der Waals surface area contributed by atoms with Gasteiger partial charge in [-0.25, -0.2) is 4.98 Å². The molecule has 6 heteroatoms. The monoisotopic (exact) mass is 325 g/mol. The Kier molecular flexibility index (Phi) is 3.84. The normalized spacial score (nSPS) is 10.1. The summed E-state index contributed by atoms with van der Waals surface area (Å²) >= 11 is 9.14. The fourth-order valence-electron chi connectivity index (χ4n) is 1.34. The van der Waals surface area contributed by atoms with Gasteiger partial charge in [-0.05, 0) is 24.3 Å². The molecule has 0 saturated heterocycles. The van der Waals surface area contributed by atoms with Gasteiger partial charge in [0.1, 0.15) is 5.82 Å². The van der Waals surface area contributed by atoms with E-state index in [2.05, 4.69) is 26.2 Å². The van der Waals surface area contributed by atoms with Crippen LogP contribution in [0.1, 0.15) is 10.4 Å². The third-order valence-corrected chi connectivity index (χ3v) is 3.01. The highest BCUT2D eigenvalue weighted by atomic mass is 79.9. The van der Waals surface area contributed by atoms with Crippen LogP contribution in [0.4, 0.5) is 11.5 Å². The summed E-state index contributed by atoms with van der Waals surface area (Å²) in [7, 11) is 0. The second-order valence-electron chi connectivity index (χ2n) is 3.56. The first-order chi connectivity index (χ1) is 8.56. The van der Waals surface area contributed by atoms with Crippen LogP contribution in [0.5, 0.6) is 0 Å². The highest BCUT2D eigenvalue weighted by Gasteiger charge is 2.09. The van der Waals surface area contributed by atoms with Crippen molar-refractivity contribution in [2.45, 2.75) is 0 Å². The summed E-state index contributed by atoms with van der Waals surface area (Å²) < 4.78 is 0.883. The van der Waals surface area contributed by atoms with Crippen molar-refractivity contribution in [2.75, 3.05) is 11.1 Å². The molecule has 0 atom stereocenters. The zero-order chi connectivity index (χ0) is 13.1. The first kappa shape index (κ1) is 12.9. The molecule has 0 aliphatic heterocycles. The summed E-state index contributed by atoms with van der Waals surface area (Å²) in [4.78, 5) is 15.8. The second kappa shape index (κ2) is 5.37. The van der Waals surface area contributed by atoms with Gasteiger partial charge in [-0.1, -0.05) is 33.6 Å². The first-order valence-corrected chi connectivity index (χ1v) is 6.21. The van der Waals surface area contributed by atoms with Crippen molar-refractivity contribution in [3.05, 3.63) is 51.6 Å². The van der Waals surface area contributed by atoms with E-state index in [0.29, 0.717) is 11.3 Å². The number of carbonyl (C=O) groups is 1. The van der Waals surface area contributed by atoms with Crippen LogP contribution < -0.4 is 11.1 Å². The van der Waals surface area contributed by atoms with Crippen LogP contribution in [0, 0.1) is 0 Å². The van der Waals surface area contributed by atoms with Gasteiger partial charge in [0.2, 0.25) is 0 Å². The van der Waals surface area contributed by atoms with E-state index in [1.165, 1.54) is 12.3 Å². The molecule has 18 heavy (non-hydrogen) atoms. The summed E-state index contributed by atoms with van der Waals surface area (Å²) in [6, 6.07) is 8.77. The summed E-state index contributed by atoms with van der Waals surface area (Å²) in [6.45, 7) is 0. The Morgan fingerprint density at radius 3 is 2.83 bits per heavy atom. The predicted molar refractivity (Wildman–Crippen MR) is 75.8 cm³/mol. The molecule has 3 N–H and O–H groups in total. The molecule has 1 aromatic carbocycles. The average molecular weight is 327 g/mol. The predicted octanol–water partition coefficient (Wildman–Crippen LogP) is 3.33. The topological polar surface area (TPSA) is 68.0 Å². The minimum absolute atomic E-state index is 0.204. The molecule has 0 unspecified atom stereocenters. The fraction of sp³-hybridized carbons (Fsp3) is 0. The zero-order valence-electron chi connectivity index (χ0n) is 9.15. The van der Waals surface area contributed by atoms with Crippen molar-refractivity contribution in [3.63, 3.8) is 0 Å². The number of benzene rings is 1. The molecule has 0 saturated carbocycles. The van der Waals surface area contributed by atoms with Gasteiger partial charge >= 0.3 is 0 Å². The van der Waals surface area contributed by atoms with Crippen LogP contribution in [-0.4, -0.2) is 10.9 Å². The van der Waals surface area contributed by atoms with Crippen molar-refractivity contribution in [1.82, 2.24) is 4.98 Å². The lowest BCUT2D eigenvalue weighted by Crippen LogP contribution is -2.12. The Morgan fingerprint density at radius 2 is 2.17 bits per heavy atom. The molecule has 2 aromatic rings. The van der Waals surface area contributed by atoms with Crippen molar-refractivity contribution < 1.29 is 4.79 Å². The molecular formula is C12H9BrClN3O. The van der Waals surface area contributed by atoms with Crippen LogP contribution in [0.2, 0.25) is 5.02 Å². The van der Waals surface area contributed by atoms with Gasteiger partial charge in [-0.15, -0.1) is 0 Å². The van der Waals surface area contributed by atoms with Gasteiger partial charge in [0.15, 0.2) is 0 Å². The maximum Gasteiger partial charge on any atom is 0.257 e. The highest BCUT2D eigenvalue weighted by Crippen LogP contribution is 2.19. The minimum Gasteiger partial charge on any atom is -0.382 e. The molecule has 4 nitrogen and oxygen atoms in total. The highest BCUT2D eigenvalue weighted by molar-refractivity contribution is 9.10. The Labute approximate surface area is 117 Å². The Morgan fingerprint density at radius 1 is 1.39 bits per heavy atom. The molecule has 0 bridgehead atoms. The summed E-state index contributed by atoms with van der Waals surface area (Å²) in [6.07, 6.45) is 1.38. The Bertz CT molecular complexity index is 604. The second-order valence-corrected chi connectivity index (χ2v) is 4.88. The number of anilines is 2. The summed E-state index contributed by atoms with van der Waals surface area (Å²) in [5.41, 5.74) is 6.52. The molecule has 0 fully saturated rings. The van der Waals surface area contributed by atoms with Gasteiger partial charge in [-0.3, -0.25) is 4.79 Å². The Balaban J connectivity index is 2.19. The maximum absolute atomic E-state index is 11.9. The molecule has 0 aliphatic carbocycles. The van der Waals surface area contributed by atoms with Crippen LogP contribution in [0.3, 0.4) is 0 Å². The third-order valence-electron chi connectivity index (χ3n) is 2.21. The van der Waals surface area contributed by atoms with Gasteiger partial charge < -0.3 is 11.1 Å². The summed E-state index contributed by atoms with van der Waals surface area (Å²) in [5.74, 6) is -0.0850.